The van der Waals surface area contributed by atoms with Crippen LogP contribution in [-0.4, -0.2) is 25.5 Å². The van der Waals surface area contributed by atoms with Crippen LogP contribution in [0.1, 0.15) is 21.9 Å². The maximum absolute atomic E-state index is 13.4. The first-order chi connectivity index (χ1) is 13.9. The highest BCUT2D eigenvalue weighted by molar-refractivity contribution is 6.31. The molecule has 1 amide bonds. The number of hydrogen-bond donors (Lipinski definition) is 1. The molecule has 4 aromatic rings. The minimum atomic E-state index is -0.418. The SMILES string of the molecule is Cc1cc(=O)n2[nH]c(CN(C(=O)c3cccc(Cl)c3)c3ccc(F)cc3)nc2n1. The van der Waals surface area contributed by atoms with E-state index in [1.54, 1.807) is 31.2 Å². The van der Waals surface area contributed by atoms with Crippen LogP contribution in [0.4, 0.5) is 10.1 Å². The van der Waals surface area contributed by atoms with Crippen molar-refractivity contribution < 1.29 is 9.18 Å². The van der Waals surface area contributed by atoms with E-state index in [9.17, 15) is 14.0 Å². The van der Waals surface area contributed by atoms with Crippen LogP contribution in [0.3, 0.4) is 0 Å². The van der Waals surface area contributed by atoms with Crippen LogP contribution in [0.25, 0.3) is 5.78 Å². The number of amides is 1. The van der Waals surface area contributed by atoms with Gasteiger partial charge in [0, 0.05) is 28.0 Å². The zero-order valence-electron chi connectivity index (χ0n) is 15.3. The Bertz CT molecular complexity index is 1270. The molecule has 0 aliphatic carbocycles. The summed E-state index contributed by atoms with van der Waals surface area (Å²) in [5.41, 5.74) is 1.07. The molecule has 0 radical (unpaired) electrons. The van der Waals surface area contributed by atoms with Gasteiger partial charge in [-0.25, -0.2) is 9.37 Å². The summed E-state index contributed by atoms with van der Waals surface area (Å²) in [5, 5.41) is 3.28. The monoisotopic (exact) mass is 411 g/mol. The van der Waals surface area contributed by atoms with E-state index in [4.69, 9.17) is 11.6 Å². The fraction of sp³-hybridized carbons (Fsp3) is 0.100. The van der Waals surface area contributed by atoms with E-state index < -0.39 is 5.82 Å². The highest BCUT2D eigenvalue weighted by Crippen LogP contribution is 2.21. The first-order valence-corrected chi connectivity index (χ1v) is 9.07. The summed E-state index contributed by atoms with van der Waals surface area (Å²) >= 11 is 6.02. The third-order valence-corrected chi connectivity index (χ3v) is 4.50. The van der Waals surface area contributed by atoms with Crippen molar-refractivity contribution in [3.05, 3.63) is 92.9 Å². The number of anilines is 1. The lowest BCUT2D eigenvalue weighted by Gasteiger charge is -2.22. The smallest absolute Gasteiger partial charge is 0.274 e. The second-order valence-corrected chi connectivity index (χ2v) is 6.86. The molecule has 2 heterocycles. The Morgan fingerprint density at radius 3 is 2.66 bits per heavy atom. The maximum atomic E-state index is 13.4. The van der Waals surface area contributed by atoms with E-state index in [0.29, 0.717) is 27.8 Å². The third kappa shape index (κ3) is 3.88. The van der Waals surface area contributed by atoms with Gasteiger partial charge in [0.1, 0.15) is 11.6 Å². The van der Waals surface area contributed by atoms with Gasteiger partial charge < -0.3 is 4.90 Å². The van der Waals surface area contributed by atoms with Crippen LogP contribution < -0.4 is 10.5 Å². The first kappa shape index (κ1) is 18.8. The van der Waals surface area contributed by atoms with Gasteiger partial charge in [0.15, 0.2) is 0 Å². The number of hydrogen-bond acceptors (Lipinski definition) is 4. The van der Waals surface area contributed by atoms with Crippen molar-refractivity contribution in [3.63, 3.8) is 0 Å². The quantitative estimate of drug-likeness (QED) is 0.558. The van der Waals surface area contributed by atoms with E-state index in [-0.39, 0.29) is 23.8 Å². The van der Waals surface area contributed by atoms with Gasteiger partial charge in [0.05, 0.1) is 6.54 Å². The minimum absolute atomic E-state index is 0.0127. The molecule has 0 atom stereocenters. The van der Waals surface area contributed by atoms with E-state index in [2.05, 4.69) is 15.1 Å². The van der Waals surface area contributed by atoms with Crippen molar-refractivity contribution in [1.82, 2.24) is 19.6 Å². The molecular formula is C20H15ClFN5O2. The van der Waals surface area contributed by atoms with Crippen LogP contribution in [0.5, 0.6) is 0 Å². The van der Waals surface area contributed by atoms with Crippen LogP contribution in [0.15, 0.2) is 59.4 Å². The van der Waals surface area contributed by atoms with E-state index in [0.717, 1.165) is 0 Å². The number of carbonyl (C=O) groups is 1. The highest BCUT2D eigenvalue weighted by atomic mass is 35.5. The number of carbonyl (C=O) groups excluding carboxylic acids is 1. The fourth-order valence-electron chi connectivity index (χ4n) is 2.94. The zero-order chi connectivity index (χ0) is 20.5. The normalized spacial score (nSPS) is 11.0. The van der Waals surface area contributed by atoms with Gasteiger partial charge in [0.25, 0.3) is 17.2 Å². The summed E-state index contributed by atoms with van der Waals surface area (Å²) in [5.74, 6) is -0.214. The van der Waals surface area contributed by atoms with Crippen LogP contribution >= 0.6 is 11.6 Å². The van der Waals surface area contributed by atoms with E-state index in [1.165, 1.54) is 39.7 Å². The number of rotatable bonds is 4. The van der Waals surface area contributed by atoms with Crippen molar-refractivity contribution in [2.24, 2.45) is 0 Å². The molecule has 0 saturated heterocycles. The number of aromatic nitrogens is 4. The van der Waals surface area contributed by atoms with E-state index >= 15 is 0 Å². The molecule has 2 aromatic heterocycles. The van der Waals surface area contributed by atoms with Gasteiger partial charge in [-0.3, -0.25) is 14.7 Å². The molecule has 0 saturated carbocycles. The van der Waals surface area contributed by atoms with Gasteiger partial charge in [-0.05, 0) is 49.4 Å². The minimum Gasteiger partial charge on any atom is -0.301 e. The summed E-state index contributed by atoms with van der Waals surface area (Å²) in [6, 6.07) is 13.4. The molecule has 0 aliphatic rings. The van der Waals surface area contributed by atoms with Crippen molar-refractivity contribution in [3.8, 4) is 0 Å². The molecule has 29 heavy (non-hydrogen) atoms. The van der Waals surface area contributed by atoms with Gasteiger partial charge in [-0.1, -0.05) is 17.7 Å². The predicted octanol–water partition coefficient (Wildman–Crippen LogP) is 3.37. The summed E-state index contributed by atoms with van der Waals surface area (Å²) in [6.45, 7) is 1.71. The van der Waals surface area contributed by atoms with Crippen molar-refractivity contribution in [2.75, 3.05) is 4.90 Å². The largest absolute Gasteiger partial charge is 0.301 e. The van der Waals surface area contributed by atoms with Gasteiger partial charge >= 0.3 is 0 Å². The lowest BCUT2D eigenvalue weighted by molar-refractivity contribution is 0.0984. The Labute approximate surface area is 169 Å². The third-order valence-electron chi connectivity index (χ3n) is 4.27. The Balaban J connectivity index is 1.76. The molecule has 4 rings (SSSR count). The molecule has 146 valence electrons. The molecular weight excluding hydrogens is 397 g/mol. The number of benzene rings is 2. The van der Waals surface area contributed by atoms with Crippen LogP contribution in [0, 0.1) is 12.7 Å². The molecule has 0 aliphatic heterocycles. The Morgan fingerprint density at radius 2 is 1.93 bits per heavy atom. The second-order valence-electron chi connectivity index (χ2n) is 6.42. The molecule has 9 heteroatoms. The summed E-state index contributed by atoms with van der Waals surface area (Å²) < 4.78 is 14.6. The summed E-state index contributed by atoms with van der Waals surface area (Å²) in [6.07, 6.45) is 0. The summed E-state index contributed by atoms with van der Waals surface area (Å²) in [7, 11) is 0. The van der Waals surface area contributed by atoms with Gasteiger partial charge in [-0.2, -0.15) is 9.50 Å². The summed E-state index contributed by atoms with van der Waals surface area (Å²) in [4.78, 5) is 35.2. The molecule has 2 aromatic carbocycles. The number of aryl methyl sites for hydroxylation is 1. The lowest BCUT2D eigenvalue weighted by Crippen LogP contribution is -2.31. The lowest BCUT2D eigenvalue weighted by atomic mass is 10.1. The number of nitrogens with zero attached hydrogens (tertiary/aromatic N) is 4. The van der Waals surface area contributed by atoms with Crippen molar-refractivity contribution >= 4 is 29.0 Å². The molecule has 0 fully saturated rings. The number of aromatic amines is 1. The second kappa shape index (κ2) is 7.48. The van der Waals surface area contributed by atoms with Crippen molar-refractivity contribution in [1.29, 1.82) is 0 Å². The predicted molar refractivity (Wildman–Crippen MR) is 107 cm³/mol. The Morgan fingerprint density at radius 1 is 1.17 bits per heavy atom. The number of H-pyrrole nitrogens is 1. The van der Waals surface area contributed by atoms with Crippen molar-refractivity contribution in [2.45, 2.75) is 13.5 Å². The molecule has 1 N–H and O–H groups in total. The number of nitrogens with one attached hydrogen (secondary N) is 1. The van der Waals surface area contributed by atoms with E-state index in [1.807, 2.05) is 0 Å². The number of halogens is 2. The highest BCUT2D eigenvalue weighted by Gasteiger charge is 2.21. The standard InChI is InChI=1S/C20H15ClFN5O2/c1-12-9-18(28)27-20(23-12)24-17(25-27)11-26(16-7-5-15(22)6-8-16)19(29)13-3-2-4-14(21)10-13/h2-10H,11H2,1H3,(H,23,24,25). The zero-order valence-corrected chi connectivity index (χ0v) is 16.0. The average molecular weight is 412 g/mol. The van der Waals surface area contributed by atoms with Crippen LogP contribution in [0.2, 0.25) is 5.02 Å². The maximum Gasteiger partial charge on any atom is 0.274 e. The molecule has 0 unspecified atom stereocenters. The first-order valence-electron chi connectivity index (χ1n) is 8.69. The number of fused-ring (bicyclic) bond motifs is 1. The topological polar surface area (TPSA) is 83.4 Å². The average Bonchev–Trinajstić information content (AvgIpc) is 3.09. The molecule has 0 bridgehead atoms. The molecule has 0 spiro atoms. The Hall–Kier alpha value is -3.52. The van der Waals surface area contributed by atoms with Crippen LogP contribution in [-0.2, 0) is 6.54 Å². The fourth-order valence-corrected chi connectivity index (χ4v) is 3.13. The van der Waals surface area contributed by atoms with Gasteiger partial charge in [-0.15, -0.1) is 0 Å². The Kier molecular flexibility index (Phi) is 4.85. The molecule has 7 nitrogen and oxygen atoms in total. The van der Waals surface area contributed by atoms with Gasteiger partial charge in [0.2, 0.25) is 0 Å².